The summed E-state index contributed by atoms with van der Waals surface area (Å²) in [6.45, 7) is 0. The van der Waals surface area contributed by atoms with E-state index in [1.807, 2.05) is 18.3 Å². The molecule has 2 aromatic heterocycles. The molecule has 3 heteroatoms. The highest BCUT2D eigenvalue weighted by molar-refractivity contribution is 6.19. The van der Waals surface area contributed by atoms with Crippen molar-refractivity contribution in [3.63, 3.8) is 0 Å². The van der Waals surface area contributed by atoms with Crippen molar-refractivity contribution in [2.75, 3.05) is 0 Å². The molecule has 42 heavy (non-hydrogen) atoms. The zero-order chi connectivity index (χ0) is 27.9. The van der Waals surface area contributed by atoms with Crippen LogP contribution >= 0.6 is 0 Å². The Morgan fingerprint density at radius 1 is 0.405 bits per heavy atom. The van der Waals surface area contributed by atoms with E-state index in [1.54, 1.807) is 6.20 Å². The van der Waals surface area contributed by atoms with Gasteiger partial charge in [0.15, 0.2) is 5.82 Å². The minimum Gasteiger partial charge on any atom is -0.264 e. The molecule has 8 aromatic rings. The Kier molecular flexibility index (Phi) is 5.79. The van der Waals surface area contributed by atoms with E-state index in [9.17, 15) is 0 Å². The average molecular weight is 536 g/mol. The summed E-state index contributed by atoms with van der Waals surface area (Å²) in [4.78, 5) is 15.0. The molecule has 6 aromatic carbocycles. The van der Waals surface area contributed by atoms with Crippen LogP contribution in [0.15, 0.2) is 152 Å². The lowest BCUT2D eigenvalue weighted by Crippen LogP contribution is -1.98. The van der Waals surface area contributed by atoms with Gasteiger partial charge in [0.25, 0.3) is 0 Å². The monoisotopic (exact) mass is 535 g/mol. The first kappa shape index (κ1) is 24.2. The molecule has 0 atom stereocenters. The molecule has 0 aliphatic rings. The maximum Gasteiger partial charge on any atom is 0.161 e. The zero-order valence-electron chi connectivity index (χ0n) is 22.8. The lowest BCUT2D eigenvalue weighted by Gasteiger charge is -2.16. The van der Waals surface area contributed by atoms with Crippen LogP contribution in [-0.4, -0.2) is 15.0 Å². The Balaban J connectivity index is 1.48. The van der Waals surface area contributed by atoms with Gasteiger partial charge in [-0.3, -0.25) is 4.98 Å². The van der Waals surface area contributed by atoms with Gasteiger partial charge in [-0.1, -0.05) is 121 Å². The van der Waals surface area contributed by atoms with Crippen molar-refractivity contribution in [3.05, 3.63) is 152 Å². The fourth-order valence-electron chi connectivity index (χ4n) is 6.00. The van der Waals surface area contributed by atoms with Crippen LogP contribution in [0.1, 0.15) is 0 Å². The van der Waals surface area contributed by atoms with E-state index in [-0.39, 0.29) is 0 Å². The molecule has 0 radical (unpaired) electrons. The van der Waals surface area contributed by atoms with Crippen LogP contribution in [0.5, 0.6) is 0 Å². The first-order valence-corrected chi connectivity index (χ1v) is 14.1. The largest absolute Gasteiger partial charge is 0.264 e. The molecular formula is C39H25N3. The number of aromatic nitrogens is 3. The second-order valence-electron chi connectivity index (χ2n) is 10.5. The number of fused-ring (bicyclic) bond motifs is 4. The van der Waals surface area contributed by atoms with Gasteiger partial charge >= 0.3 is 0 Å². The van der Waals surface area contributed by atoms with Gasteiger partial charge < -0.3 is 0 Å². The Labute approximate surface area is 243 Å². The zero-order valence-corrected chi connectivity index (χ0v) is 22.8. The van der Waals surface area contributed by atoms with Gasteiger partial charge in [0, 0.05) is 34.6 Å². The quantitative estimate of drug-likeness (QED) is 0.166. The Bertz CT molecular complexity index is 2240. The van der Waals surface area contributed by atoms with Gasteiger partial charge in [0.05, 0.1) is 11.4 Å². The van der Waals surface area contributed by atoms with E-state index in [0.29, 0.717) is 5.82 Å². The van der Waals surface area contributed by atoms with Gasteiger partial charge in [0.2, 0.25) is 0 Å². The van der Waals surface area contributed by atoms with Crippen molar-refractivity contribution in [1.29, 1.82) is 0 Å². The molecule has 0 saturated carbocycles. The minimum absolute atomic E-state index is 0.712. The molecule has 0 bridgehead atoms. The summed E-state index contributed by atoms with van der Waals surface area (Å²) in [7, 11) is 0. The van der Waals surface area contributed by atoms with E-state index in [4.69, 9.17) is 9.97 Å². The van der Waals surface area contributed by atoms with Crippen molar-refractivity contribution in [1.82, 2.24) is 15.0 Å². The normalized spacial score (nSPS) is 11.3. The smallest absolute Gasteiger partial charge is 0.161 e. The fourth-order valence-corrected chi connectivity index (χ4v) is 6.00. The molecule has 0 spiro atoms. The summed E-state index contributed by atoms with van der Waals surface area (Å²) in [5, 5.41) is 7.09. The summed E-state index contributed by atoms with van der Waals surface area (Å²) in [6.07, 6.45) is 3.71. The fraction of sp³-hybridized carbons (Fsp3) is 0. The highest BCUT2D eigenvalue weighted by atomic mass is 14.9. The van der Waals surface area contributed by atoms with E-state index >= 15 is 0 Å². The lowest BCUT2D eigenvalue weighted by molar-refractivity contribution is 1.19. The van der Waals surface area contributed by atoms with E-state index in [1.165, 1.54) is 21.5 Å². The molecule has 0 saturated heterocycles. The molecule has 8 rings (SSSR count). The van der Waals surface area contributed by atoms with Crippen LogP contribution in [0.25, 0.3) is 77.3 Å². The SMILES string of the molecule is c1ccc(-c2cc(-c3ccccc3-c3cccnc3)nc(-c3c4ccccc4cc4c3ccc3ccccc34)n2)cc1. The molecular weight excluding hydrogens is 510 g/mol. The van der Waals surface area contributed by atoms with Gasteiger partial charge in [-0.25, -0.2) is 9.97 Å². The van der Waals surface area contributed by atoms with Crippen molar-refractivity contribution in [3.8, 4) is 45.0 Å². The van der Waals surface area contributed by atoms with Gasteiger partial charge in [-0.2, -0.15) is 0 Å². The van der Waals surface area contributed by atoms with Gasteiger partial charge in [0.1, 0.15) is 0 Å². The summed E-state index contributed by atoms with van der Waals surface area (Å²) in [5.41, 5.74) is 7.04. The first-order valence-electron chi connectivity index (χ1n) is 14.1. The molecule has 0 fully saturated rings. The number of pyridine rings is 1. The maximum absolute atomic E-state index is 5.33. The summed E-state index contributed by atoms with van der Waals surface area (Å²) < 4.78 is 0. The van der Waals surface area contributed by atoms with Crippen LogP contribution in [0.4, 0.5) is 0 Å². The second-order valence-corrected chi connectivity index (χ2v) is 10.5. The lowest BCUT2D eigenvalue weighted by atomic mass is 9.92. The number of nitrogens with zero attached hydrogens (tertiary/aromatic N) is 3. The Morgan fingerprint density at radius 2 is 1.10 bits per heavy atom. The third-order valence-corrected chi connectivity index (χ3v) is 7.96. The van der Waals surface area contributed by atoms with Crippen molar-refractivity contribution in [2.45, 2.75) is 0 Å². The van der Waals surface area contributed by atoms with Crippen LogP contribution in [0.3, 0.4) is 0 Å². The van der Waals surface area contributed by atoms with Crippen molar-refractivity contribution in [2.24, 2.45) is 0 Å². The van der Waals surface area contributed by atoms with E-state index in [0.717, 1.165) is 50.0 Å². The molecule has 0 unspecified atom stereocenters. The van der Waals surface area contributed by atoms with E-state index in [2.05, 4.69) is 132 Å². The maximum atomic E-state index is 5.33. The number of benzene rings is 6. The molecule has 0 amide bonds. The number of rotatable bonds is 4. The average Bonchev–Trinajstić information content (AvgIpc) is 3.07. The van der Waals surface area contributed by atoms with Gasteiger partial charge in [-0.15, -0.1) is 0 Å². The van der Waals surface area contributed by atoms with Crippen LogP contribution in [0.2, 0.25) is 0 Å². The first-order chi connectivity index (χ1) is 20.8. The summed E-state index contributed by atoms with van der Waals surface area (Å²) in [5.74, 6) is 0.712. The summed E-state index contributed by atoms with van der Waals surface area (Å²) in [6, 6.07) is 48.8. The third kappa shape index (κ3) is 4.11. The van der Waals surface area contributed by atoms with Crippen LogP contribution < -0.4 is 0 Å². The number of hydrogen-bond donors (Lipinski definition) is 0. The number of hydrogen-bond acceptors (Lipinski definition) is 3. The third-order valence-electron chi connectivity index (χ3n) is 7.96. The predicted octanol–water partition coefficient (Wildman–Crippen LogP) is 10.00. The predicted molar refractivity (Wildman–Crippen MR) is 174 cm³/mol. The molecule has 2 heterocycles. The Hall–Kier alpha value is -5.67. The molecule has 196 valence electrons. The van der Waals surface area contributed by atoms with Crippen LogP contribution in [0, 0.1) is 0 Å². The highest BCUT2D eigenvalue weighted by Crippen LogP contribution is 2.40. The second kappa shape index (κ2) is 10.1. The molecule has 0 aliphatic heterocycles. The molecule has 0 aliphatic carbocycles. The highest BCUT2D eigenvalue weighted by Gasteiger charge is 2.18. The molecule has 0 N–H and O–H groups in total. The topological polar surface area (TPSA) is 38.7 Å². The van der Waals surface area contributed by atoms with Gasteiger partial charge in [-0.05, 0) is 56.1 Å². The molecule has 3 nitrogen and oxygen atoms in total. The van der Waals surface area contributed by atoms with E-state index < -0.39 is 0 Å². The standard InChI is InChI=1S/C39H25N3/c1-2-12-27(13-3-1)36-24-37(33-19-9-8-17-31(33)29-15-10-22-40-25-29)42-39(41-36)38-32-18-7-5-14-28(32)23-35-30-16-6-4-11-26(30)20-21-34(35)38/h1-25H. The van der Waals surface area contributed by atoms with Crippen molar-refractivity contribution < 1.29 is 0 Å². The van der Waals surface area contributed by atoms with Crippen molar-refractivity contribution >= 4 is 32.3 Å². The summed E-state index contributed by atoms with van der Waals surface area (Å²) >= 11 is 0. The Morgan fingerprint density at radius 3 is 1.93 bits per heavy atom. The van der Waals surface area contributed by atoms with Crippen LogP contribution in [-0.2, 0) is 0 Å². The minimum atomic E-state index is 0.712.